The van der Waals surface area contributed by atoms with Gasteiger partial charge in [-0.15, -0.1) is 11.8 Å². The van der Waals surface area contributed by atoms with Gasteiger partial charge in [-0.05, 0) is 68.1 Å². The zero-order valence-electron chi connectivity index (χ0n) is 20.3. The van der Waals surface area contributed by atoms with E-state index in [0.29, 0.717) is 5.82 Å². The summed E-state index contributed by atoms with van der Waals surface area (Å²) in [6, 6.07) is 17.4. The molecule has 1 amide bonds. The molecule has 2 aromatic heterocycles. The van der Waals surface area contributed by atoms with E-state index in [0.717, 1.165) is 56.9 Å². The van der Waals surface area contributed by atoms with Crippen LogP contribution < -0.4 is 20.1 Å². The van der Waals surface area contributed by atoms with Crippen LogP contribution in [0, 0.1) is 5.92 Å². The molecule has 2 fully saturated rings. The van der Waals surface area contributed by atoms with E-state index >= 15 is 0 Å². The molecule has 0 unspecified atom stereocenters. The molecule has 36 heavy (non-hydrogen) atoms. The highest BCUT2D eigenvalue weighted by Crippen LogP contribution is 2.41. The first-order valence-electron chi connectivity index (χ1n) is 12.0. The summed E-state index contributed by atoms with van der Waals surface area (Å²) in [6.07, 6.45) is 6.55. The molecule has 0 radical (unpaired) electrons. The molecule has 0 bridgehead atoms. The number of nitrogens with zero attached hydrogens (tertiary/aromatic N) is 2. The molecule has 2 aromatic carbocycles. The Morgan fingerprint density at radius 2 is 1.78 bits per heavy atom. The molecule has 3 N–H and O–H groups in total. The average molecular weight is 504 g/mol. The molecule has 9 heteroatoms. The van der Waals surface area contributed by atoms with E-state index in [2.05, 4.69) is 25.8 Å². The molecule has 2 heterocycles. The predicted molar refractivity (Wildman–Crippen MR) is 143 cm³/mol. The van der Waals surface area contributed by atoms with E-state index in [1.807, 2.05) is 72.6 Å². The maximum Gasteiger partial charge on any atom is 0.227 e. The number of aromatic amines is 1. The van der Waals surface area contributed by atoms with Crippen molar-refractivity contribution < 1.29 is 14.3 Å². The van der Waals surface area contributed by atoms with Crippen molar-refractivity contribution in [2.75, 3.05) is 24.9 Å². The van der Waals surface area contributed by atoms with Crippen LogP contribution in [0.3, 0.4) is 0 Å². The van der Waals surface area contributed by atoms with Crippen molar-refractivity contribution in [1.82, 2.24) is 15.2 Å². The van der Waals surface area contributed by atoms with Crippen LogP contribution in [0.5, 0.6) is 11.5 Å². The first-order chi connectivity index (χ1) is 17.6. The number of carbonyl (C=O) groups is 1. The number of fused-ring (bicyclic) bond motifs is 1. The summed E-state index contributed by atoms with van der Waals surface area (Å²) in [7, 11) is 3.29. The molecule has 186 valence electrons. The number of anilines is 3. The van der Waals surface area contributed by atoms with Crippen LogP contribution in [0.4, 0.5) is 17.3 Å². The van der Waals surface area contributed by atoms with Crippen molar-refractivity contribution in [3.63, 3.8) is 0 Å². The Hall–Kier alpha value is -3.72. The van der Waals surface area contributed by atoms with Gasteiger partial charge < -0.3 is 20.1 Å². The lowest BCUT2D eigenvalue weighted by Gasteiger charge is -2.10. The summed E-state index contributed by atoms with van der Waals surface area (Å²) < 4.78 is 10.5. The Bertz CT molecular complexity index is 1330. The second-order valence-electron chi connectivity index (χ2n) is 8.77. The molecule has 8 nitrogen and oxygen atoms in total. The predicted octanol–water partition coefficient (Wildman–Crippen LogP) is 6.01. The quantitative estimate of drug-likeness (QED) is 0.271. The number of carbonyl (C=O) groups excluding carboxylic acids is 1. The van der Waals surface area contributed by atoms with Crippen LogP contribution in [-0.4, -0.2) is 40.6 Å². The van der Waals surface area contributed by atoms with Gasteiger partial charge in [0.1, 0.15) is 5.75 Å². The van der Waals surface area contributed by atoms with E-state index in [1.54, 1.807) is 14.2 Å². The fourth-order valence-electron chi connectivity index (χ4n) is 3.55. The van der Waals surface area contributed by atoms with E-state index in [4.69, 9.17) is 9.47 Å². The Kier molecular flexibility index (Phi) is 7.27. The van der Waals surface area contributed by atoms with Crippen LogP contribution in [-0.2, 0) is 4.79 Å². The van der Waals surface area contributed by atoms with Crippen LogP contribution >= 0.6 is 11.8 Å². The Balaban J connectivity index is 0.000000165. The van der Waals surface area contributed by atoms with Crippen molar-refractivity contribution in [1.29, 1.82) is 0 Å². The van der Waals surface area contributed by atoms with Crippen LogP contribution in [0.1, 0.15) is 25.7 Å². The standard InChI is InChI=1S/C16H16N4OS.C11H13NO2/c1-21-14-8-11(22-10-6-7-10)9-17-16(14)18-15-12-4-2-3-5-13(12)19-20-15;1-14-10-6-4-9(5-7-10)12-11(13)8-2-3-8/h2-5,8-10H,6-7H2,1H3,(H2,17,18,19,20);4-8H,2-3H2,1H3,(H,12,13). The third-order valence-corrected chi connectivity index (χ3v) is 7.19. The van der Waals surface area contributed by atoms with Gasteiger partial charge in [0.05, 0.1) is 19.7 Å². The number of ether oxygens (including phenoxy) is 2. The third-order valence-electron chi connectivity index (χ3n) is 5.89. The van der Waals surface area contributed by atoms with Gasteiger partial charge in [-0.1, -0.05) is 12.1 Å². The van der Waals surface area contributed by atoms with Gasteiger partial charge >= 0.3 is 0 Å². The normalized spacial score (nSPS) is 14.5. The lowest BCUT2D eigenvalue weighted by molar-refractivity contribution is -0.117. The molecule has 0 spiro atoms. The number of pyridine rings is 1. The number of methoxy groups -OCH3 is 2. The van der Waals surface area contributed by atoms with Crippen molar-refractivity contribution in [3.8, 4) is 11.5 Å². The number of thioether (sulfide) groups is 1. The van der Waals surface area contributed by atoms with E-state index in [9.17, 15) is 4.79 Å². The summed E-state index contributed by atoms with van der Waals surface area (Å²) in [5.41, 5.74) is 1.83. The second-order valence-corrected chi connectivity index (χ2v) is 10.1. The average Bonchev–Trinajstić information content (AvgIpc) is 3.85. The molecular weight excluding hydrogens is 474 g/mol. The first-order valence-corrected chi connectivity index (χ1v) is 12.9. The lowest BCUT2D eigenvalue weighted by Crippen LogP contribution is -2.12. The van der Waals surface area contributed by atoms with Crippen LogP contribution in [0.2, 0.25) is 0 Å². The van der Waals surface area contributed by atoms with E-state index in [-0.39, 0.29) is 11.8 Å². The number of para-hydroxylation sites is 1. The topological polar surface area (TPSA) is 101 Å². The summed E-state index contributed by atoms with van der Waals surface area (Å²) in [5.74, 6) is 3.35. The first kappa shape index (κ1) is 24.0. The highest BCUT2D eigenvalue weighted by molar-refractivity contribution is 8.00. The van der Waals surface area contributed by atoms with Crippen LogP contribution in [0.15, 0.2) is 65.7 Å². The molecule has 2 aliphatic carbocycles. The molecule has 0 aliphatic heterocycles. The number of rotatable bonds is 8. The summed E-state index contributed by atoms with van der Waals surface area (Å²) in [6.45, 7) is 0. The number of nitrogens with one attached hydrogen (secondary N) is 3. The zero-order valence-corrected chi connectivity index (χ0v) is 21.1. The molecule has 0 saturated heterocycles. The Morgan fingerprint density at radius 3 is 2.47 bits per heavy atom. The van der Waals surface area contributed by atoms with Crippen molar-refractivity contribution >= 4 is 45.9 Å². The number of H-pyrrole nitrogens is 1. The van der Waals surface area contributed by atoms with Gasteiger partial charge in [0.2, 0.25) is 5.91 Å². The fraction of sp³-hybridized carbons (Fsp3) is 0.296. The number of hydrogen-bond donors (Lipinski definition) is 3. The molecule has 4 aromatic rings. The monoisotopic (exact) mass is 503 g/mol. The Morgan fingerprint density at radius 1 is 1.00 bits per heavy atom. The van der Waals surface area contributed by atoms with Gasteiger partial charge in [0.25, 0.3) is 0 Å². The highest BCUT2D eigenvalue weighted by Gasteiger charge is 2.29. The third kappa shape index (κ3) is 6.09. The van der Waals surface area contributed by atoms with Gasteiger partial charge in [-0.3, -0.25) is 9.89 Å². The molecule has 2 saturated carbocycles. The van der Waals surface area contributed by atoms with Gasteiger partial charge in [-0.2, -0.15) is 5.10 Å². The summed E-state index contributed by atoms with van der Waals surface area (Å²) in [4.78, 5) is 17.0. The van der Waals surface area contributed by atoms with Crippen LogP contribution in [0.25, 0.3) is 10.9 Å². The SMILES string of the molecule is COc1cc(SC2CC2)cnc1Nc1n[nH]c2ccccc12.COc1ccc(NC(=O)C2CC2)cc1. The van der Waals surface area contributed by atoms with Gasteiger partial charge in [-0.25, -0.2) is 4.98 Å². The smallest absolute Gasteiger partial charge is 0.227 e. The minimum atomic E-state index is 0.134. The summed E-state index contributed by atoms with van der Waals surface area (Å²) in [5, 5.41) is 15.2. The number of benzene rings is 2. The number of hydrogen-bond acceptors (Lipinski definition) is 7. The van der Waals surface area contributed by atoms with Gasteiger partial charge in [0.15, 0.2) is 17.4 Å². The highest BCUT2D eigenvalue weighted by atomic mass is 32.2. The summed E-state index contributed by atoms with van der Waals surface area (Å²) >= 11 is 1.87. The molecule has 2 aliphatic rings. The minimum Gasteiger partial charge on any atom is -0.497 e. The Labute approximate surface area is 214 Å². The second kappa shape index (κ2) is 10.9. The van der Waals surface area contributed by atoms with Gasteiger partial charge in [0, 0.05) is 33.3 Å². The maximum absolute atomic E-state index is 11.4. The minimum absolute atomic E-state index is 0.134. The molecule has 0 atom stereocenters. The molecular formula is C27H29N5O3S. The zero-order chi connectivity index (χ0) is 24.9. The fourth-order valence-corrected chi connectivity index (χ4v) is 4.60. The maximum atomic E-state index is 11.4. The lowest BCUT2D eigenvalue weighted by atomic mass is 10.2. The largest absolute Gasteiger partial charge is 0.497 e. The van der Waals surface area contributed by atoms with E-state index < -0.39 is 0 Å². The number of amides is 1. The van der Waals surface area contributed by atoms with Crippen molar-refractivity contribution in [3.05, 3.63) is 60.8 Å². The molecule has 6 rings (SSSR count). The number of aromatic nitrogens is 3. The van der Waals surface area contributed by atoms with E-state index in [1.165, 1.54) is 12.8 Å². The van der Waals surface area contributed by atoms with Crippen molar-refractivity contribution in [2.45, 2.75) is 35.8 Å². The van der Waals surface area contributed by atoms with Crippen molar-refractivity contribution in [2.24, 2.45) is 5.92 Å².